The second-order valence-electron chi connectivity index (χ2n) is 6.52. The van der Waals surface area contributed by atoms with Gasteiger partial charge in [-0.1, -0.05) is 59.7 Å². The van der Waals surface area contributed by atoms with Crippen molar-refractivity contribution in [2.24, 2.45) is 5.92 Å². The number of rotatable bonds is 5. The highest BCUT2D eigenvalue weighted by molar-refractivity contribution is 5.28. The van der Waals surface area contributed by atoms with E-state index in [9.17, 15) is 0 Å². The monoisotopic (exact) mass is 279 g/mol. The summed E-state index contributed by atoms with van der Waals surface area (Å²) < 4.78 is 0. The van der Waals surface area contributed by atoms with Gasteiger partial charge in [0.15, 0.2) is 0 Å². The van der Waals surface area contributed by atoms with Crippen molar-refractivity contribution in [3.63, 3.8) is 0 Å². The van der Waals surface area contributed by atoms with Crippen molar-refractivity contribution in [3.05, 3.63) is 70.8 Å². The van der Waals surface area contributed by atoms with Crippen molar-refractivity contribution in [3.8, 4) is 0 Å². The Morgan fingerprint density at radius 1 is 0.810 bits per heavy atom. The summed E-state index contributed by atoms with van der Waals surface area (Å²) in [5, 5.41) is 3.85. The molecule has 0 radical (unpaired) electrons. The van der Waals surface area contributed by atoms with E-state index in [1.807, 2.05) is 0 Å². The molecule has 0 aromatic heterocycles. The van der Waals surface area contributed by atoms with Gasteiger partial charge in [-0.3, -0.25) is 0 Å². The van der Waals surface area contributed by atoms with E-state index in [0.29, 0.717) is 12.1 Å². The minimum Gasteiger partial charge on any atom is -0.303 e. The second kappa shape index (κ2) is 6.03. The molecule has 0 heterocycles. The lowest BCUT2D eigenvalue weighted by atomic mass is 9.98. The molecular weight excluding hydrogens is 254 g/mol. The zero-order valence-corrected chi connectivity index (χ0v) is 13.3. The first-order valence-electron chi connectivity index (χ1n) is 8.02. The Balaban J connectivity index is 1.76. The first-order valence-corrected chi connectivity index (χ1v) is 8.02. The van der Waals surface area contributed by atoms with Crippen molar-refractivity contribution >= 4 is 0 Å². The van der Waals surface area contributed by atoms with E-state index in [1.165, 1.54) is 35.1 Å². The highest BCUT2D eigenvalue weighted by Gasteiger charge is 2.33. The van der Waals surface area contributed by atoms with Gasteiger partial charge in [0, 0.05) is 12.1 Å². The number of hydrogen-bond acceptors (Lipinski definition) is 1. The molecule has 2 aromatic carbocycles. The maximum Gasteiger partial charge on any atom is 0.0353 e. The summed E-state index contributed by atoms with van der Waals surface area (Å²) >= 11 is 0. The summed E-state index contributed by atoms with van der Waals surface area (Å²) in [5.41, 5.74) is 5.46. The second-order valence-corrected chi connectivity index (χ2v) is 6.52. The summed E-state index contributed by atoms with van der Waals surface area (Å²) in [6.45, 7) is 6.56. The molecule has 1 aliphatic rings. The Kier molecular flexibility index (Phi) is 4.12. The third-order valence-corrected chi connectivity index (χ3v) is 4.54. The molecule has 1 fully saturated rings. The van der Waals surface area contributed by atoms with E-state index in [1.54, 1.807) is 0 Å². The molecule has 1 aliphatic carbocycles. The van der Waals surface area contributed by atoms with Gasteiger partial charge in [-0.2, -0.15) is 0 Å². The Hall–Kier alpha value is -1.60. The molecule has 0 amide bonds. The minimum absolute atomic E-state index is 0.387. The lowest BCUT2D eigenvalue weighted by Crippen LogP contribution is -2.26. The smallest absolute Gasteiger partial charge is 0.0353 e. The molecule has 3 rings (SSSR count). The standard InChI is InChI=1S/C20H25N/c1-14-4-8-17(9-5-14)16(3)21-20(19-12-13-19)18-10-6-15(2)7-11-18/h4-11,16,19-21H,12-13H2,1-3H3/t16-,20?/m0/s1. The molecule has 1 N–H and O–H groups in total. The van der Waals surface area contributed by atoms with E-state index in [4.69, 9.17) is 0 Å². The van der Waals surface area contributed by atoms with Crippen molar-refractivity contribution in [1.82, 2.24) is 5.32 Å². The highest BCUT2D eigenvalue weighted by atomic mass is 15.0. The van der Waals surface area contributed by atoms with E-state index < -0.39 is 0 Å². The van der Waals surface area contributed by atoms with Crippen molar-refractivity contribution < 1.29 is 0 Å². The number of benzene rings is 2. The van der Waals surface area contributed by atoms with Crippen LogP contribution in [0.4, 0.5) is 0 Å². The van der Waals surface area contributed by atoms with Crippen LogP contribution in [0, 0.1) is 19.8 Å². The summed E-state index contributed by atoms with van der Waals surface area (Å²) in [7, 11) is 0. The van der Waals surface area contributed by atoms with Gasteiger partial charge in [-0.15, -0.1) is 0 Å². The quantitative estimate of drug-likeness (QED) is 0.802. The third kappa shape index (κ3) is 3.54. The van der Waals surface area contributed by atoms with Gasteiger partial charge >= 0.3 is 0 Å². The Morgan fingerprint density at radius 3 is 1.76 bits per heavy atom. The van der Waals surface area contributed by atoms with Crippen molar-refractivity contribution in [1.29, 1.82) is 0 Å². The fourth-order valence-electron chi connectivity index (χ4n) is 2.93. The molecule has 2 aromatic rings. The van der Waals surface area contributed by atoms with Crippen LogP contribution in [-0.2, 0) is 0 Å². The van der Waals surface area contributed by atoms with Crippen LogP contribution >= 0.6 is 0 Å². The molecule has 0 saturated heterocycles. The summed E-state index contributed by atoms with van der Waals surface area (Å²) in [6, 6.07) is 18.8. The van der Waals surface area contributed by atoms with Crippen molar-refractivity contribution in [2.75, 3.05) is 0 Å². The predicted octanol–water partition coefficient (Wildman–Crippen LogP) is 5.11. The number of hydrogen-bond donors (Lipinski definition) is 1. The van der Waals surface area contributed by atoms with Gasteiger partial charge in [0.2, 0.25) is 0 Å². The molecule has 21 heavy (non-hydrogen) atoms. The minimum atomic E-state index is 0.387. The van der Waals surface area contributed by atoms with Crippen LogP contribution in [0.25, 0.3) is 0 Å². The van der Waals surface area contributed by atoms with Crippen LogP contribution in [0.2, 0.25) is 0 Å². The topological polar surface area (TPSA) is 12.0 Å². The average Bonchev–Trinajstić information content (AvgIpc) is 3.31. The zero-order valence-electron chi connectivity index (χ0n) is 13.3. The third-order valence-electron chi connectivity index (χ3n) is 4.54. The molecule has 1 heteroatoms. The number of nitrogens with one attached hydrogen (secondary N) is 1. The summed E-state index contributed by atoms with van der Waals surface area (Å²) in [5.74, 6) is 0.806. The van der Waals surface area contributed by atoms with Crippen LogP contribution in [0.5, 0.6) is 0 Å². The largest absolute Gasteiger partial charge is 0.303 e. The lowest BCUT2D eigenvalue weighted by Gasteiger charge is -2.24. The van der Waals surface area contributed by atoms with Gasteiger partial charge in [0.1, 0.15) is 0 Å². The number of aryl methyl sites for hydroxylation is 2. The molecule has 0 bridgehead atoms. The van der Waals surface area contributed by atoms with E-state index in [2.05, 4.69) is 74.6 Å². The van der Waals surface area contributed by atoms with Crippen LogP contribution < -0.4 is 5.32 Å². The Labute approximate surface area is 128 Å². The molecule has 0 aliphatic heterocycles. The first kappa shape index (κ1) is 14.3. The summed E-state index contributed by atoms with van der Waals surface area (Å²) in [4.78, 5) is 0. The maximum atomic E-state index is 3.85. The molecule has 1 unspecified atom stereocenters. The Bertz CT molecular complexity index is 578. The SMILES string of the molecule is Cc1ccc(C(N[C@@H](C)c2ccc(C)cc2)C2CC2)cc1. The molecular formula is C20H25N. The van der Waals surface area contributed by atoms with Crippen molar-refractivity contribution in [2.45, 2.75) is 45.7 Å². The average molecular weight is 279 g/mol. The highest BCUT2D eigenvalue weighted by Crippen LogP contribution is 2.42. The molecule has 1 saturated carbocycles. The van der Waals surface area contributed by atoms with E-state index >= 15 is 0 Å². The van der Waals surface area contributed by atoms with Crippen LogP contribution in [0.3, 0.4) is 0 Å². The maximum absolute atomic E-state index is 3.85. The fourth-order valence-corrected chi connectivity index (χ4v) is 2.93. The van der Waals surface area contributed by atoms with Crippen LogP contribution in [-0.4, -0.2) is 0 Å². The van der Waals surface area contributed by atoms with Gasteiger partial charge in [-0.25, -0.2) is 0 Å². The molecule has 1 nitrogen and oxygen atoms in total. The zero-order chi connectivity index (χ0) is 14.8. The van der Waals surface area contributed by atoms with Gasteiger partial charge < -0.3 is 5.32 Å². The Morgan fingerprint density at radius 2 is 1.29 bits per heavy atom. The van der Waals surface area contributed by atoms with Gasteiger partial charge in [0.05, 0.1) is 0 Å². The summed E-state index contributed by atoms with van der Waals surface area (Å²) in [6.07, 6.45) is 2.71. The molecule has 0 spiro atoms. The van der Waals surface area contributed by atoms with Gasteiger partial charge in [-0.05, 0) is 50.7 Å². The van der Waals surface area contributed by atoms with E-state index in [0.717, 1.165) is 5.92 Å². The fraction of sp³-hybridized carbons (Fsp3) is 0.400. The normalized spacial score (nSPS) is 17.5. The van der Waals surface area contributed by atoms with Crippen LogP contribution in [0.15, 0.2) is 48.5 Å². The van der Waals surface area contributed by atoms with Crippen LogP contribution in [0.1, 0.15) is 54.1 Å². The molecule has 2 atom stereocenters. The lowest BCUT2D eigenvalue weighted by molar-refractivity contribution is 0.427. The van der Waals surface area contributed by atoms with Gasteiger partial charge in [0.25, 0.3) is 0 Å². The predicted molar refractivity (Wildman–Crippen MR) is 89.4 cm³/mol. The molecule has 110 valence electrons. The first-order chi connectivity index (χ1) is 10.1. The van der Waals surface area contributed by atoms with E-state index in [-0.39, 0.29) is 0 Å².